The van der Waals surface area contributed by atoms with Crippen molar-refractivity contribution in [3.63, 3.8) is 0 Å². The smallest absolute Gasteiger partial charge is 0.242 e. The van der Waals surface area contributed by atoms with Crippen molar-refractivity contribution in [3.05, 3.63) is 59.8 Å². The molecule has 2 amide bonds. The Labute approximate surface area is 171 Å². The number of aromatic nitrogens is 1. The number of aryl methyl sites for hydroxylation is 1. The molecule has 0 radical (unpaired) electrons. The van der Waals surface area contributed by atoms with E-state index in [9.17, 15) is 9.59 Å². The van der Waals surface area contributed by atoms with Gasteiger partial charge >= 0.3 is 0 Å². The van der Waals surface area contributed by atoms with Crippen LogP contribution in [0.1, 0.15) is 42.9 Å². The van der Waals surface area contributed by atoms with Gasteiger partial charge in [0.15, 0.2) is 0 Å². The topological polar surface area (TPSA) is 74.3 Å². The second-order valence-corrected chi connectivity index (χ2v) is 8.06. The van der Waals surface area contributed by atoms with Crippen molar-refractivity contribution in [1.82, 2.24) is 15.2 Å². The highest BCUT2D eigenvalue weighted by molar-refractivity contribution is 5.92. The highest BCUT2D eigenvalue weighted by Crippen LogP contribution is 2.29. The van der Waals surface area contributed by atoms with Crippen molar-refractivity contribution in [1.29, 1.82) is 0 Å². The molecule has 2 aliphatic rings. The third kappa shape index (κ3) is 4.82. The van der Waals surface area contributed by atoms with Crippen LogP contribution in [-0.2, 0) is 9.59 Å². The number of carbonyl (C=O) groups excluding carboxylic acids is 2. The third-order valence-electron chi connectivity index (χ3n) is 5.80. The zero-order valence-electron chi connectivity index (χ0n) is 16.8. The molecule has 1 aliphatic heterocycles. The molecule has 2 fully saturated rings. The SMILES string of the molecule is Cc1cccnc1NC(=O)C1CCN([C@H](C(=O)NC2CC2)c2ccccc2)CC1. The van der Waals surface area contributed by atoms with Crippen LogP contribution in [-0.4, -0.2) is 40.8 Å². The van der Waals surface area contributed by atoms with Crippen molar-refractivity contribution in [2.45, 2.75) is 44.7 Å². The second-order valence-electron chi connectivity index (χ2n) is 8.06. The monoisotopic (exact) mass is 392 g/mol. The summed E-state index contributed by atoms with van der Waals surface area (Å²) in [6.45, 7) is 3.38. The molecule has 1 aromatic carbocycles. The van der Waals surface area contributed by atoms with Gasteiger partial charge in [0.2, 0.25) is 11.8 Å². The molecule has 1 saturated heterocycles. The number of hydrogen-bond acceptors (Lipinski definition) is 4. The first kappa shape index (κ1) is 19.6. The third-order valence-corrected chi connectivity index (χ3v) is 5.80. The summed E-state index contributed by atoms with van der Waals surface area (Å²) in [6, 6.07) is 13.8. The lowest BCUT2D eigenvalue weighted by Gasteiger charge is -2.36. The number of amides is 2. The predicted molar refractivity (Wildman–Crippen MR) is 112 cm³/mol. The Kier molecular flexibility index (Phi) is 5.90. The Bertz CT molecular complexity index is 858. The fourth-order valence-corrected chi connectivity index (χ4v) is 3.93. The summed E-state index contributed by atoms with van der Waals surface area (Å²) in [5.74, 6) is 0.664. The van der Waals surface area contributed by atoms with Gasteiger partial charge < -0.3 is 10.6 Å². The van der Waals surface area contributed by atoms with Gasteiger partial charge in [0, 0.05) is 18.2 Å². The zero-order chi connectivity index (χ0) is 20.2. The molecule has 2 heterocycles. The van der Waals surface area contributed by atoms with Gasteiger partial charge in [0.25, 0.3) is 0 Å². The van der Waals surface area contributed by atoms with E-state index in [-0.39, 0.29) is 23.8 Å². The molecule has 0 unspecified atom stereocenters. The van der Waals surface area contributed by atoms with Crippen LogP contribution in [0.2, 0.25) is 0 Å². The van der Waals surface area contributed by atoms with Crippen molar-refractivity contribution in [2.24, 2.45) is 5.92 Å². The second kappa shape index (κ2) is 8.74. The quantitative estimate of drug-likeness (QED) is 0.792. The number of likely N-dealkylation sites (tertiary alicyclic amines) is 1. The molecule has 152 valence electrons. The molecule has 0 spiro atoms. The van der Waals surface area contributed by atoms with Gasteiger partial charge in [-0.2, -0.15) is 0 Å². The van der Waals surface area contributed by atoms with Crippen molar-refractivity contribution < 1.29 is 9.59 Å². The number of benzene rings is 1. The van der Waals surface area contributed by atoms with Gasteiger partial charge in [0.1, 0.15) is 11.9 Å². The van der Waals surface area contributed by atoms with E-state index in [1.807, 2.05) is 49.4 Å². The molecular formula is C23H28N4O2. The van der Waals surface area contributed by atoms with E-state index in [4.69, 9.17) is 0 Å². The van der Waals surface area contributed by atoms with Crippen LogP contribution >= 0.6 is 0 Å². The van der Waals surface area contributed by atoms with E-state index in [2.05, 4.69) is 20.5 Å². The van der Waals surface area contributed by atoms with Crippen LogP contribution in [0.4, 0.5) is 5.82 Å². The van der Waals surface area contributed by atoms with Gasteiger partial charge in [-0.05, 0) is 62.9 Å². The lowest BCUT2D eigenvalue weighted by Crippen LogP contribution is -2.46. The van der Waals surface area contributed by atoms with Gasteiger partial charge in [-0.25, -0.2) is 4.98 Å². The number of rotatable bonds is 6. The molecule has 2 aromatic rings. The van der Waals surface area contributed by atoms with Crippen LogP contribution in [0.5, 0.6) is 0 Å². The van der Waals surface area contributed by atoms with E-state index in [1.54, 1.807) is 6.20 Å². The van der Waals surface area contributed by atoms with E-state index in [0.717, 1.165) is 49.9 Å². The molecule has 1 atom stereocenters. The average molecular weight is 393 g/mol. The van der Waals surface area contributed by atoms with Crippen molar-refractivity contribution in [2.75, 3.05) is 18.4 Å². The largest absolute Gasteiger partial charge is 0.352 e. The number of carbonyl (C=O) groups is 2. The Balaban J connectivity index is 1.40. The van der Waals surface area contributed by atoms with Crippen LogP contribution in [0.15, 0.2) is 48.7 Å². The normalized spacial score (nSPS) is 18.8. The molecule has 0 bridgehead atoms. The summed E-state index contributed by atoms with van der Waals surface area (Å²) >= 11 is 0. The minimum absolute atomic E-state index is 0.0187. The number of hydrogen-bond donors (Lipinski definition) is 2. The standard InChI is InChI=1S/C23H28N4O2/c1-16-6-5-13-24-21(16)26-22(28)18-11-14-27(15-12-18)20(17-7-3-2-4-8-17)23(29)25-19-9-10-19/h2-8,13,18-20H,9-12,14-15H2,1H3,(H,25,29)(H,24,26,28)/t20-/m0/s1. The van der Waals surface area contributed by atoms with Crippen LogP contribution in [0, 0.1) is 12.8 Å². The van der Waals surface area contributed by atoms with Crippen LogP contribution in [0.3, 0.4) is 0 Å². The van der Waals surface area contributed by atoms with Gasteiger partial charge in [0.05, 0.1) is 0 Å². The first-order valence-corrected chi connectivity index (χ1v) is 10.4. The fourth-order valence-electron chi connectivity index (χ4n) is 3.93. The predicted octanol–water partition coefficient (Wildman–Crippen LogP) is 3.06. The van der Waals surface area contributed by atoms with Crippen molar-refractivity contribution in [3.8, 4) is 0 Å². The number of nitrogens with zero attached hydrogens (tertiary/aromatic N) is 2. The minimum Gasteiger partial charge on any atom is -0.352 e. The molecule has 2 N–H and O–H groups in total. The molecule has 1 aromatic heterocycles. The minimum atomic E-state index is -0.293. The zero-order valence-corrected chi connectivity index (χ0v) is 16.8. The number of piperidine rings is 1. The van der Waals surface area contributed by atoms with Gasteiger partial charge in [-0.15, -0.1) is 0 Å². The molecular weight excluding hydrogens is 364 g/mol. The lowest BCUT2D eigenvalue weighted by molar-refractivity contribution is -0.128. The molecule has 6 nitrogen and oxygen atoms in total. The summed E-state index contributed by atoms with van der Waals surface area (Å²) in [4.78, 5) is 32.1. The molecule has 6 heteroatoms. The number of pyridine rings is 1. The average Bonchev–Trinajstić information content (AvgIpc) is 3.55. The summed E-state index contributed by atoms with van der Waals surface area (Å²) in [5, 5.41) is 6.12. The molecule has 29 heavy (non-hydrogen) atoms. The Morgan fingerprint density at radius 1 is 1.03 bits per heavy atom. The summed E-state index contributed by atoms with van der Waals surface area (Å²) < 4.78 is 0. The molecule has 1 saturated carbocycles. The summed E-state index contributed by atoms with van der Waals surface area (Å²) in [7, 11) is 0. The lowest BCUT2D eigenvalue weighted by atomic mass is 9.93. The van der Waals surface area contributed by atoms with E-state index < -0.39 is 0 Å². The van der Waals surface area contributed by atoms with Crippen LogP contribution in [0.25, 0.3) is 0 Å². The van der Waals surface area contributed by atoms with Gasteiger partial charge in [-0.1, -0.05) is 36.4 Å². The molecule has 1 aliphatic carbocycles. The van der Waals surface area contributed by atoms with E-state index >= 15 is 0 Å². The van der Waals surface area contributed by atoms with Crippen LogP contribution < -0.4 is 10.6 Å². The number of anilines is 1. The molecule has 4 rings (SSSR count). The van der Waals surface area contributed by atoms with E-state index in [1.165, 1.54) is 0 Å². The first-order chi connectivity index (χ1) is 14.1. The highest BCUT2D eigenvalue weighted by Gasteiger charge is 2.35. The maximum absolute atomic E-state index is 12.9. The maximum Gasteiger partial charge on any atom is 0.242 e. The Morgan fingerprint density at radius 2 is 1.76 bits per heavy atom. The van der Waals surface area contributed by atoms with Crippen molar-refractivity contribution >= 4 is 17.6 Å². The maximum atomic E-state index is 12.9. The highest BCUT2D eigenvalue weighted by atomic mass is 16.2. The number of nitrogens with one attached hydrogen (secondary N) is 2. The van der Waals surface area contributed by atoms with Gasteiger partial charge in [-0.3, -0.25) is 14.5 Å². The summed E-state index contributed by atoms with van der Waals surface area (Å²) in [6.07, 6.45) is 5.30. The summed E-state index contributed by atoms with van der Waals surface area (Å²) in [5.41, 5.74) is 1.97. The Morgan fingerprint density at radius 3 is 2.41 bits per heavy atom. The first-order valence-electron chi connectivity index (χ1n) is 10.4. The van der Waals surface area contributed by atoms with E-state index in [0.29, 0.717) is 11.9 Å². The Hall–Kier alpha value is -2.73. The fraction of sp³-hybridized carbons (Fsp3) is 0.435.